The number of carbonyl (C=O) groups is 2. The van der Waals surface area contributed by atoms with E-state index >= 15 is 0 Å². The van der Waals surface area contributed by atoms with E-state index in [-0.39, 0.29) is 42.0 Å². The second-order valence-electron chi connectivity index (χ2n) is 6.00. The molecule has 2 rings (SSSR count). The minimum Gasteiger partial charge on any atom is -0.355 e. The first-order valence-corrected chi connectivity index (χ1v) is 8.06. The highest BCUT2D eigenvalue weighted by molar-refractivity contribution is 5.95. The molecule has 1 aromatic heterocycles. The summed E-state index contributed by atoms with van der Waals surface area (Å²) in [5, 5.41) is 2.70. The molecule has 1 saturated heterocycles. The Morgan fingerprint density at radius 2 is 2.08 bits per heavy atom. The van der Waals surface area contributed by atoms with Crippen LogP contribution in [0.15, 0.2) is 12.1 Å². The zero-order chi connectivity index (χ0) is 18.6. The molecule has 10 heteroatoms. The van der Waals surface area contributed by atoms with E-state index < -0.39 is 17.8 Å². The highest BCUT2D eigenvalue weighted by atomic mass is 35.5. The molecule has 1 atom stereocenters. The smallest absolute Gasteiger partial charge is 0.355 e. The quantitative estimate of drug-likeness (QED) is 0.814. The van der Waals surface area contributed by atoms with Gasteiger partial charge in [0, 0.05) is 26.2 Å². The number of halogens is 4. The van der Waals surface area contributed by atoms with Crippen molar-refractivity contribution in [2.24, 2.45) is 11.7 Å². The van der Waals surface area contributed by atoms with E-state index in [0.29, 0.717) is 32.5 Å². The second-order valence-corrected chi connectivity index (χ2v) is 6.00. The second kappa shape index (κ2) is 9.18. The van der Waals surface area contributed by atoms with Gasteiger partial charge in [-0.25, -0.2) is 4.98 Å². The van der Waals surface area contributed by atoms with Crippen LogP contribution in [0, 0.1) is 12.8 Å². The summed E-state index contributed by atoms with van der Waals surface area (Å²) in [7, 11) is 0. The monoisotopic (exact) mass is 394 g/mol. The Hall–Kier alpha value is -1.87. The van der Waals surface area contributed by atoms with Crippen LogP contribution >= 0.6 is 12.4 Å². The van der Waals surface area contributed by atoms with Crippen LogP contribution in [0.25, 0.3) is 0 Å². The van der Waals surface area contributed by atoms with Gasteiger partial charge in [0.15, 0.2) is 0 Å². The molecule has 146 valence electrons. The van der Waals surface area contributed by atoms with Crippen molar-refractivity contribution in [1.29, 1.82) is 0 Å². The predicted molar refractivity (Wildman–Crippen MR) is 91.9 cm³/mol. The van der Waals surface area contributed by atoms with Crippen LogP contribution in [0.3, 0.4) is 0 Å². The Morgan fingerprint density at radius 3 is 2.65 bits per heavy atom. The number of alkyl halides is 3. The summed E-state index contributed by atoms with van der Waals surface area (Å²) in [4.78, 5) is 29.6. The molecule has 1 aliphatic heterocycles. The number of piperidine rings is 1. The van der Waals surface area contributed by atoms with Gasteiger partial charge in [0.05, 0.1) is 17.2 Å². The van der Waals surface area contributed by atoms with Crippen LogP contribution in [0.2, 0.25) is 0 Å². The number of likely N-dealkylation sites (tertiary alicyclic amines) is 1. The lowest BCUT2D eigenvalue weighted by Crippen LogP contribution is -2.46. The van der Waals surface area contributed by atoms with Gasteiger partial charge in [0.2, 0.25) is 5.91 Å². The first-order chi connectivity index (χ1) is 11.7. The molecule has 26 heavy (non-hydrogen) atoms. The van der Waals surface area contributed by atoms with Crippen LogP contribution in [-0.2, 0) is 11.0 Å². The lowest BCUT2D eigenvalue weighted by Gasteiger charge is -2.32. The van der Waals surface area contributed by atoms with E-state index in [0.717, 1.165) is 12.1 Å². The number of nitrogens with two attached hydrogens (primary N) is 1. The van der Waals surface area contributed by atoms with Gasteiger partial charge in [-0.2, -0.15) is 13.2 Å². The number of hydrogen-bond donors (Lipinski definition) is 2. The van der Waals surface area contributed by atoms with Crippen LogP contribution in [0.5, 0.6) is 0 Å². The van der Waals surface area contributed by atoms with E-state index in [9.17, 15) is 22.8 Å². The SMILES string of the molecule is Cc1nc(C(F)(F)F)ccc1C(=O)N1CCCC(C(=O)NCCN)C1.Cl. The van der Waals surface area contributed by atoms with Crippen molar-refractivity contribution in [2.75, 3.05) is 26.2 Å². The third-order valence-electron chi connectivity index (χ3n) is 4.13. The minimum absolute atomic E-state index is 0. The molecular weight excluding hydrogens is 373 g/mol. The van der Waals surface area contributed by atoms with Gasteiger partial charge in [-0.15, -0.1) is 12.4 Å². The van der Waals surface area contributed by atoms with Gasteiger partial charge in [0.1, 0.15) is 5.69 Å². The number of nitrogens with one attached hydrogen (secondary N) is 1. The van der Waals surface area contributed by atoms with Gasteiger partial charge in [-0.1, -0.05) is 0 Å². The van der Waals surface area contributed by atoms with Crippen LogP contribution in [0.4, 0.5) is 13.2 Å². The molecule has 0 spiro atoms. The van der Waals surface area contributed by atoms with E-state index in [1.54, 1.807) is 0 Å². The van der Waals surface area contributed by atoms with Crippen molar-refractivity contribution in [3.8, 4) is 0 Å². The summed E-state index contributed by atoms with van der Waals surface area (Å²) in [6, 6.07) is 1.95. The zero-order valence-corrected chi connectivity index (χ0v) is 15.1. The molecule has 1 fully saturated rings. The van der Waals surface area contributed by atoms with Gasteiger partial charge in [0.25, 0.3) is 5.91 Å². The topological polar surface area (TPSA) is 88.3 Å². The maximum absolute atomic E-state index is 12.7. The molecule has 0 aromatic carbocycles. The third kappa shape index (κ3) is 5.31. The number of aryl methyl sites for hydroxylation is 1. The Labute approximate surface area is 155 Å². The maximum Gasteiger partial charge on any atom is 0.433 e. The predicted octanol–water partition coefficient (Wildman–Crippen LogP) is 1.76. The molecule has 2 heterocycles. The zero-order valence-electron chi connectivity index (χ0n) is 14.3. The average Bonchev–Trinajstić information content (AvgIpc) is 2.58. The Morgan fingerprint density at radius 1 is 1.38 bits per heavy atom. The summed E-state index contributed by atoms with van der Waals surface area (Å²) in [6.07, 6.45) is -3.24. The van der Waals surface area contributed by atoms with Gasteiger partial charge in [-0.3, -0.25) is 9.59 Å². The Bertz CT molecular complexity index is 655. The molecular formula is C16H22ClF3N4O2. The fourth-order valence-electron chi connectivity index (χ4n) is 2.83. The first-order valence-electron chi connectivity index (χ1n) is 8.06. The standard InChI is InChI=1S/C16H21F3N4O2.ClH/c1-10-12(4-5-13(22-10)16(17,18)19)15(25)23-8-2-3-11(9-23)14(24)21-7-6-20;/h4-5,11H,2-3,6-9,20H2,1H3,(H,21,24);1H. The molecule has 6 nitrogen and oxygen atoms in total. The molecule has 3 N–H and O–H groups in total. The van der Waals surface area contributed by atoms with Crippen molar-refractivity contribution < 1.29 is 22.8 Å². The van der Waals surface area contributed by atoms with Crippen LogP contribution in [0.1, 0.15) is 34.6 Å². The normalized spacial score (nSPS) is 17.4. The highest BCUT2D eigenvalue weighted by Crippen LogP contribution is 2.28. The molecule has 1 aromatic rings. The molecule has 1 aliphatic rings. The van der Waals surface area contributed by atoms with Crippen molar-refractivity contribution in [3.63, 3.8) is 0 Å². The summed E-state index contributed by atoms with van der Waals surface area (Å²) < 4.78 is 38.1. The number of rotatable bonds is 4. The summed E-state index contributed by atoms with van der Waals surface area (Å²) >= 11 is 0. The van der Waals surface area contributed by atoms with Crippen molar-refractivity contribution in [1.82, 2.24) is 15.2 Å². The highest BCUT2D eigenvalue weighted by Gasteiger charge is 2.34. The van der Waals surface area contributed by atoms with Crippen molar-refractivity contribution in [2.45, 2.75) is 25.9 Å². The third-order valence-corrected chi connectivity index (χ3v) is 4.13. The first kappa shape index (κ1) is 22.2. The molecule has 1 unspecified atom stereocenters. The summed E-state index contributed by atoms with van der Waals surface area (Å²) in [6.45, 7) is 2.76. The number of hydrogen-bond acceptors (Lipinski definition) is 4. The summed E-state index contributed by atoms with van der Waals surface area (Å²) in [5.41, 5.74) is 4.47. The number of aromatic nitrogens is 1. The molecule has 0 radical (unpaired) electrons. The average molecular weight is 395 g/mol. The van der Waals surface area contributed by atoms with Gasteiger partial charge < -0.3 is 16.0 Å². The molecule has 0 saturated carbocycles. The Balaban J connectivity index is 0.00000338. The van der Waals surface area contributed by atoms with E-state index in [1.807, 2.05) is 0 Å². The van der Waals surface area contributed by atoms with Gasteiger partial charge >= 0.3 is 6.18 Å². The lowest BCUT2D eigenvalue weighted by atomic mass is 9.96. The maximum atomic E-state index is 12.7. The number of nitrogens with zero attached hydrogens (tertiary/aromatic N) is 2. The van der Waals surface area contributed by atoms with Crippen LogP contribution in [-0.4, -0.2) is 47.9 Å². The fraction of sp³-hybridized carbons (Fsp3) is 0.562. The van der Waals surface area contributed by atoms with Crippen LogP contribution < -0.4 is 11.1 Å². The Kier molecular flexibility index (Phi) is 7.83. The van der Waals surface area contributed by atoms with Crippen molar-refractivity contribution >= 4 is 24.2 Å². The van der Waals surface area contributed by atoms with Crippen molar-refractivity contribution in [3.05, 3.63) is 29.1 Å². The summed E-state index contributed by atoms with van der Waals surface area (Å²) in [5.74, 6) is -0.910. The fourth-order valence-corrected chi connectivity index (χ4v) is 2.83. The molecule has 0 bridgehead atoms. The van der Waals surface area contributed by atoms with Gasteiger partial charge in [-0.05, 0) is 31.9 Å². The number of amides is 2. The lowest BCUT2D eigenvalue weighted by molar-refractivity contribution is -0.141. The number of carbonyl (C=O) groups excluding carboxylic acids is 2. The van der Waals surface area contributed by atoms with E-state index in [4.69, 9.17) is 5.73 Å². The molecule has 0 aliphatic carbocycles. The molecule has 2 amide bonds. The minimum atomic E-state index is -4.55. The largest absolute Gasteiger partial charge is 0.433 e. The number of pyridine rings is 1. The van der Waals surface area contributed by atoms with E-state index in [1.165, 1.54) is 11.8 Å². The van der Waals surface area contributed by atoms with E-state index in [2.05, 4.69) is 10.3 Å².